The van der Waals surface area contributed by atoms with Crippen LogP contribution in [0.2, 0.25) is 0 Å². The molecular formula is C13H10N4O3S. The summed E-state index contributed by atoms with van der Waals surface area (Å²) in [5, 5.41) is 10.2. The topological polar surface area (TPSA) is 92.3 Å². The second-order valence-electron chi connectivity index (χ2n) is 4.35. The molecule has 8 heteroatoms. The normalized spacial score (nSPS) is 13.4. The minimum absolute atomic E-state index is 0.0189. The van der Waals surface area contributed by atoms with E-state index in [-0.39, 0.29) is 30.7 Å². The number of amides is 3. The summed E-state index contributed by atoms with van der Waals surface area (Å²) in [5.41, 5.74) is 2.26. The molecule has 1 N–H and O–H groups in total. The van der Waals surface area contributed by atoms with Gasteiger partial charge in [0.25, 0.3) is 11.8 Å². The van der Waals surface area contributed by atoms with Gasteiger partial charge in [0.2, 0.25) is 11.0 Å². The summed E-state index contributed by atoms with van der Waals surface area (Å²) in [6, 6.07) is 6.62. The number of nitrogens with zero attached hydrogens (tertiary/aromatic N) is 3. The highest BCUT2D eigenvalue weighted by atomic mass is 32.1. The summed E-state index contributed by atoms with van der Waals surface area (Å²) in [7, 11) is 0. The first-order chi connectivity index (χ1) is 10.2. The van der Waals surface area contributed by atoms with E-state index in [1.165, 1.54) is 16.8 Å². The molecule has 0 saturated heterocycles. The largest absolute Gasteiger partial charge is 0.300 e. The van der Waals surface area contributed by atoms with Crippen molar-refractivity contribution in [2.45, 2.75) is 6.42 Å². The summed E-state index contributed by atoms with van der Waals surface area (Å²) in [6.45, 7) is 0.0387. The Bertz CT molecular complexity index is 679. The average molecular weight is 302 g/mol. The lowest BCUT2D eigenvalue weighted by atomic mass is 10.1. The van der Waals surface area contributed by atoms with Crippen LogP contribution in [-0.2, 0) is 4.79 Å². The predicted octanol–water partition coefficient (Wildman–Crippen LogP) is 1.16. The van der Waals surface area contributed by atoms with E-state index in [9.17, 15) is 14.4 Å². The van der Waals surface area contributed by atoms with Crippen molar-refractivity contribution in [2.75, 3.05) is 11.9 Å². The number of nitrogens with one attached hydrogen (secondary N) is 1. The fourth-order valence-electron chi connectivity index (χ4n) is 2.06. The van der Waals surface area contributed by atoms with E-state index in [0.717, 1.165) is 4.90 Å². The van der Waals surface area contributed by atoms with Crippen LogP contribution in [0.1, 0.15) is 27.1 Å². The van der Waals surface area contributed by atoms with Gasteiger partial charge >= 0.3 is 0 Å². The van der Waals surface area contributed by atoms with Gasteiger partial charge in [-0.1, -0.05) is 23.5 Å². The summed E-state index contributed by atoms with van der Waals surface area (Å²) in [4.78, 5) is 37.0. The molecule has 1 aliphatic heterocycles. The zero-order valence-electron chi connectivity index (χ0n) is 10.8. The van der Waals surface area contributed by atoms with Gasteiger partial charge in [0, 0.05) is 13.0 Å². The highest BCUT2D eigenvalue weighted by Crippen LogP contribution is 2.22. The number of hydrogen-bond acceptors (Lipinski definition) is 6. The van der Waals surface area contributed by atoms with Crippen LogP contribution in [0, 0.1) is 0 Å². The lowest BCUT2D eigenvalue weighted by Gasteiger charge is -2.12. The van der Waals surface area contributed by atoms with E-state index in [4.69, 9.17) is 0 Å². The minimum atomic E-state index is -0.362. The van der Waals surface area contributed by atoms with Crippen molar-refractivity contribution >= 4 is 34.2 Å². The third-order valence-corrected chi connectivity index (χ3v) is 3.65. The van der Waals surface area contributed by atoms with E-state index in [0.29, 0.717) is 16.3 Å². The van der Waals surface area contributed by atoms with Gasteiger partial charge in [-0.25, -0.2) is 0 Å². The lowest BCUT2D eigenvalue weighted by molar-refractivity contribution is -0.116. The summed E-state index contributed by atoms with van der Waals surface area (Å²) in [6.07, 6.45) is 0.0189. The molecule has 0 spiro atoms. The van der Waals surface area contributed by atoms with Gasteiger partial charge in [-0.15, -0.1) is 10.2 Å². The Morgan fingerprint density at radius 1 is 1.19 bits per heavy atom. The fourth-order valence-corrected chi connectivity index (χ4v) is 2.53. The van der Waals surface area contributed by atoms with Crippen LogP contribution < -0.4 is 5.32 Å². The van der Waals surface area contributed by atoms with Crippen molar-refractivity contribution in [3.8, 4) is 0 Å². The van der Waals surface area contributed by atoms with Crippen LogP contribution in [-0.4, -0.2) is 39.4 Å². The maximum Gasteiger partial charge on any atom is 0.261 e. The number of anilines is 1. The van der Waals surface area contributed by atoms with Gasteiger partial charge in [0.05, 0.1) is 11.1 Å². The molecule has 0 radical (unpaired) electrons. The molecule has 0 saturated carbocycles. The average Bonchev–Trinajstić information content (AvgIpc) is 3.07. The first-order valence-electron chi connectivity index (χ1n) is 6.18. The van der Waals surface area contributed by atoms with Crippen LogP contribution in [0.3, 0.4) is 0 Å². The standard InChI is InChI=1S/C13H10N4O3S/c18-10(15-13-16-14-7-21-13)5-6-17-11(19)8-3-1-2-4-9(8)12(17)20/h1-4,7H,5-6H2,(H,15,16,18). The van der Waals surface area contributed by atoms with Gasteiger partial charge < -0.3 is 5.32 Å². The van der Waals surface area contributed by atoms with Crippen molar-refractivity contribution in [2.24, 2.45) is 0 Å². The van der Waals surface area contributed by atoms with E-state index >= 15 is 0 Å². The highest BCUT2D eigenvalue weighted by Gasteiger charge is 2.34. The molecule has 2 aromatic rings. The Hall–Kier alpha value is -2.61. The first-order valence-corrected chi connectivity index (χ1v) is 7.06. The SMILES string of the molecule is O=C(CCN1C(=O)c2ccccc2C1=O)Nc1nncs1. The number of carbonyl (C=O) groups excluding carboxylic acids is 3. The number of imide groups is 1. The van der Waals surface area contributed by atoms with E-state index in [2.05, 4.69) is 15.5 Å². The molecule has 0 aliphatic carbocycles. The van der Waals surface area contributed by atoms with Crippen LogP contribution in [0.25, 0.3) is 0 Å². The maximum absolute atomic E-state index is 12.1. The molecule has 0 bridgehead atoms. The van der Waals surface area contributed by atoms with Gasteiger partial charge in [0.1, 0.15) is 5.51 Å². The molecule has 106 valence electrons. The number of benzene rings is 1. The van der Waals surface area contributed by atoms with Crippen molar-refractivity contribution in [3.05, 3.63) is 40.9 Å². The first kappa shape index (κ1) is 13.4. The molecule has 3 rings (SSSR count). The van der Waals surface area contributed by atoms with Crippen LogP contribution in [0.5, 0.6) is 0 Å². The van der Waals surface area contributed by atoms with Gasteiger partial charge in [-0.2, -0.15) is 0 Å². The van der Waals surface area contributed by atoms with Crippen molar-refractivity contribution in [3.63, 3.8) is 0 Å². The number of fused-ring (bicyclic) bond motifs is 1. The summed E-state index contributed by atoms with van der Waals surface area (Å²) < 4.78 is 0. The quantitative estimate of drug-likeness (QED) is 0.856. The lowest BCUT2D eigenvalue weighted by Crippen LogP contribution is -2.32. The third kappa shape index (κ3) is 2.52. The zero-order valence-corrected chi connectivity index (χ0v) is 11.6. The molecule has 21 heavy (non-hydrogen) atoms. The number of aromatic nitrogens is 2. The molecule has 3 amide bonds. The molecule has 0 unspecified atom stereocenters. The monoisotopic (exact) mass is 302 g/mol. The van der Waals surface area contributed by atoms with Crippen LogP contribution in [0.15, 0.2) is 29.8 Å². The Kier molecular flexibility index (Phi) is 3.44. The molecule has 1 aliphatic rings. The van der Waals surface area contributed by atoms with Gasteiger partial charge in [-0.05, 0) is 12.1 Å². The van der Waals surface area contributed by atoms with Crippen molar-refractivity contribution < 1.29 is 14.4 Å². The van der Waals surface area contributed by atoms with Crippen LogP contribution in [0.4, 0.5) is 5.13 Å². The fraction of sp³-hybridized carbons (Fsp3) is 0.154. The van der Waals surface area contributed by atoms with E-state index < -0.39 is 0 Å². The maximum atomic E-state index is 12.1. The Morgan fingerprint density at radius 3 is 2.43 bits per heavy atom. The molecule has 1 aromatic carbocycles. The summed E-state index contributed by atoms with van der Waals surface area (Å²) in [5.74, 6) is -1.04. The molecule has 1 aromatic heterocycles. The molecule has 2 heterocycles. The van der Waals surface area contributed by atoms with Gasteiger partial charge in [-0.3, -0.25) is 19.3 Å². The molecule has 0 fully saturated rings. The second-order valence-corrected chi connectivity index (χ2v) is 5.18. The number of rotatable bonds is 4. The summed E-state index contributed by atoms with van der Waals surface area (Å²) >= 11 is 1.20. The van der Waals surface area contributed by atoms with Crippen LogP contribution >= 0.6 is 11.3 Å². The molecule has 7 nitrogen and oxygen atoms in total. The molecule has 0 atom stereocenters. The Balaban J connectivity index is 1.63. The zero-order chi connectivity index (χ0) is 14.8. The predicted molar refractivity (Wildman–Crippen MR) is 75.0 cm³/mol. The second kappa shape index (κ2) is 5.41. The highest BCUT2D eigenvalue weighted by molar-refractivity contribution is 7.13. The number of carbonyl (C=O) groups is 3. The minimum Gasteiger partial charge on any atom is -0.300 e. The Labute approximate surface area is 123 Å². The third-order valence-electron chi connectivity index (χ3n) is 3.05. The molecular weight excluding hydrogens is 292 g/mol. The van der Waals surface area contributed by atoms with Gasteiger partial charge in [0.15, 0.2) is 0 Å². The number of hydrogen-bond donors (Lipinski definition) is 1. The van der Waals surface area contributed by atoms with E-state index in [1.807, 2.05) is 0 Å². The van der Waals surface area contributed by atoms with E-state index in [1.54, 1.807) is 24.3 Å². The van der Waals surface area contributed by atoms with Crippen molar-refractivity contribution in [1.82, 2.24) is 15.1 Å². The smallest absolute Gasteiger partial charge is 0.261 e. The Morgan fingerprint density at radius 2 is 1.86 bits per heavy atom. The van der Waals surface area contributed by atoms with Crippen molar-refractivity contribution in [1.29, 1.82) is 0 Å².